The Labute approximate surface area is 149 Å². The predicted octanol–water partition coefficient (Wildman–Crippen LogP) is 5.24. The van der Waals surface area contributed by atoms with Gasteiger partial charge in [-0.25, -0.2) is 0 Å². The molecule has 1 amide bonds. The van der Waals surface area contributed by atoms with Crippen LogP contribution in [0.4, 0.5) is 5.69 Å². The normalized spacial score (nSPS) is 38.0. The van der Waals surface area contributed by atoms with Crippen molar-refractivity contribution in [3.05, 3.63) is 28.7 Å². The fourth-order valence-corrected chi connectivity index (χ4v) is 5.55. The molecule has 2 nitrogen and oxygen atoms in total. The molecule has 3 aliphatic rings. The van der Waals surface area contributed by atoms with Crippen molar-refractivity contribution in [2.45, 2.75) is 30.0 Å². The maximum absolute atomic E-state index is 12.5. The maximum Gasteiger partial charge on any atom is 0.228 e. The molecule has 1 aromatic rings. The van der Waals surface area contributed by atoms with Gasteiger partial charge < -0.3 is 5.32 Å². The second-order valence-corrected chi connectivity index (χ2v) is 9.25. The third-order valence-corrected chi connectivity index (χ3v) is 7.38. The molecule has 1 unspecified atom stereocenters. The van der Waals surface area contributed by atoms with E-state index in [0.717, 1.165) is 35.8 Å². The van der Waals surface area contributed by atoms with Crippen LogP contribution in [0.1, 0.15) is 25.7 Å². The fraction of sp³-hybridized carbons (Fsp3) is 0.588. The highest BCUT2D eigenvalue weighted by Crippen LogP contribution is 2.67. The number of carbonyl (C=O) groups excluding carboxylic acids is 1. The highest BCUT2D eigenvalue weighted by Gasteiger charge is 2.65. The first kappa shape index (κ1) is 15.3. The number of anilines is 1. The summed E-state index contributed by atoms with van der Waals surface area (Å²) in [5, 5.41) is 3.06. The number of hydrogen-bond donors (Lipinski definition) is 1. The van der Waals surface area contributed by atoms with Crippen molar-refractivity contribution in [3.8, 4) is 0 Å². The van der Waals surface area contributed by atoms with Gasteiger partial charge >= 0.3 is 0 Å². The Morgan fingerprint density at radius 2 is 1.59 bits per heavy atom. The summed E-state index contributed by atoms with van der Waals surface area (Å²) in [6.07, 6.45) is 4.32. The third-order valence-electron chi connectivity index (χ3n) is 5.73. The lowest BCUT2D eigenvalue weighted by Crippen LogP contribution is -2.15. The molecule has 3 fully saturated rings. The molecule has 0 saturated heterocycles. The zero-order chi connectivity index (χ0) is 15.5. The number of fused-ring (bicyclic) bond motifs is 2. The first-order valence-corrected chi connectivity index (χ1v) is 9.47. The molecule has 0 bridgehead atoms. The van der Waals surface area contributed by atoms with E-state index in [1.807, 2.05) is 24.3 Å². The van der Waals surface area contributed by atoms with Crippen molar-refractivity contribution in [3.63, 3.8) is 0 Å². The van der Waals surface area contributed by atoms with Crippen LogP contribution in [0.3, 0.4) is 0 Å². The van der Waals surface area contributed by atoms with E-state index < -0.39 is 4.33 Å². The topological polar surface area (TPSA) is 29.1 Å². The fourth-order valence-electron chi connectivity index (χ4n) is 4.37. The summed E-state index contributed by atoms with van der Waals surface area (Å²) in [4.78, 5) is 12.5. The Balaban J connectivity index is 1.37. The molecule has 4 rings (SSSR count). The van der Waals surface area contributed by atoms with Gasteiger partial charge in [0.25, 0.3) is 0 Å². The summed E-state index contributed by atoms with van der Waals surface area (Å²) in [5.41, 5.74) is 0.871. The minimum atomic E-state index is -0.480. The van der Waals surface area contributed by atoms with E-state index in [1.165, 1.54) is 0 Å². The predicted molar refractivity (Wildman–Crippen MR) is 93.1 cm³/mol. The highest BCUT2D eigenvalue weighted by molar-refractivity contribution is 9.10. The second-order valence-electron chi connectivity index (χ2n) is 6.89. The van der Waals surface area contributed by atoms with E-state index in [0.29, 0.717) is 23.7 Å². The zero-order valence-electron chi connectivity index (χ0n) is 12.1. The van der Waals surface area contributed by atoms with Crippen LogP contribution in [0.2, 0.25) is 0 Å². The van der Waals surface area contributed by atoms with Crippen LogP contribution in [0.15, 0.2) is 28.7 Å². The molecule has 118 valence electrons. The number of carbonyl (C=O) groups is 1. The van der Waals surface area contributed by atoms with Crippen molar-refractivity contribution in [1.29, 1.82) is 0 Å². The Bertz CT molecular complexity index is 581. The largest absolute Gasteiger partial charge is 0.326 e. The molecule has 0 spiro atoms. The number of alkyl halides is 2. The van der Waals surface area contributed by atoms with Crippen LogP contribution in [-0.4, -0.2) is 10.2 Å². The van der Waals surface area contributed by atoms with Gasteiger partial charge in [-0.05, 0) is 73.6 Å². The highest BCUT2D eigenvalue weighted by atomic mass is 79.9. The lowest BCUT2D eigenvalue weighted by atomic mass is 10.0. The molecule has 0 aliphatic heterocycles. The Morgan fingerprint density at radius 3 is 2.14 bits per heavy atom. The van der Waals surface area contributed by atoms with Crippen molar-refractivity contribution in [1.82, 2.24) is 0 Å². The lowest BCUT2D eigenvalue weighted by Gasteiger charge is -2.05. The molecule has 0 radical (unpaired) electrons. The van der Waals surface area contributed by atoms with E-state index >= 15 is 0 Å². The van der Waals surface area contributed by atoms with Gasteiger partial charge in [0, 0.05) is 16.1 Å². The van der Waals surface area contributed by atoms with Gasteiger partial charge in [0.15, 0.2) is 0 Å². The van der Waals surface area contributed by atoms with E-state index in [-0.39, 0.29) is 11.8 Å². The smallest absolute Gasteiger partial charge is 0.228 e. The molecule has 0 aromatic heterocycles. The van der Waals surface area contributed by atoms with Crippen LogP contribution in [0, 0.1) is 29.6 Å². The molecule has 22 heavy (non-hydrogen) atoms. The molecular weight excluding hydrogens is 385 g/mol. The summed E-state index contributed by atoms with van der Waals surface area (Å²) in [6.45, 7) is 0. The van der Waals surface area contributed by atoms with Crippen molar-refractivity contribution >= 4 is 50.7 Å². The average Bonchev–Trinajstić information content (AvgIpc) is 3.26. The van der Waals surface area contributed by atoms with Gasteiger partial charge in [-0.2, -0.15) is 0 Å². The van der Waals surface area contributed by atoms with Gasteiger partial charge in [0.2, 0.25) is 5.91 Å². The Kier molecular flexibility index (Phi) is 3.75. The standard InChI is InChI=1S/C17H18BrCl2NO/c18-9-1-3-10(4-2-9)21-16(22)15-11-5-7-13-14(17(13,19)20)8-6-12(11)15/h1-4,11-15H,5-8H2,(H,21,22)/t11-,12-,13-,14+,15?/m0/s1. The van der Waals surface area contributed by atoms with Gasteiger partial charge in [-0.15, -0.1) is 23.2 Å². The lowest BCUT2D eigenvalue weighted by molar-refractivity contribution is -0.117. The van der Waals surface area contributed by atoms with Gasteiger partial charge in [-0.3, -0.25) is 4.79 Å². The summed E-state index contributed by atoms with van der Waals surface area (Å²) >= 11 is 16.0. The maximum atomic E-state index is 12.5. The first-order chi connectivity index (χ1) is 10.5. The molecule has 3 aliphatic carbocycles. The number of nitrogens with one attached hydrogen (secondary N) is 1. The molecular formula is C17H18BrCl2NO. The molecule has 3 saturated carbocycles. The summed E-state index contributed by atoms with van der Waals surface area (Å²) in [5.74, 6) is 2.32. The van der Waals surface area contributed by atoms with Crippen LogP contribution >= 0.6 is 39.1 Å². The minimum absolute atomic E-state index is 0.177. The Hall–Kier alpha value is -0.250. The Morgan fingerprint density at radius 1 is 1.05 bits per heavy atom. The summed E-state index contributed by atoms with van der Waals surface area (Å²) in [6, 6.07) is 7.74. The van der Waals surface area contributed by atoms with Crippen molar-refractivity contribution in [2.75, 3.05) is 5.32 Å². The van der Waals surface area contributed by atoms with Crippen LogP contribution in [0.5, 0.6) is 0 Å². The van der Waals surface area contributed by atoms with Crippen LogP contribution in [-0.2, 0) is 4.79 Å². The van der Waals surface area contributed by atoms with Gasteiger partial charge in [-0.1, -0.05) is 15.9 Å². The van der Waals surface area contributed by atoms with Gasteiger partial charge in [0.1, 0.15) is 4.33 Å². The number of halogens is 3. The number of hydrogen-bond acceptors (Lipinski definition) is 1. The SMILES string of the molecule is O=C(Nc1ccc(Br)cc1)C1[C@H]2CC[C@@H]3[C@H](CC[C@H]12)C3(Cl)Cl. The second kappa shape index (κ2) is 5.39. The van der Waals surface area contributed by atoms with E-state index in [2.05, 4.69) is 21.2 Å². The number of benzene rings is 1. The van der Waals surface area contributed by atoms with E-state index in [9.17, 15) is 4.79 Å². The van der Waals surface area contributed by atoms with Gasteiger partial charge in [0.05, 0.1) is 0 Å². The zero-order valence-corrected chi connectivity index (χ0v) is 15.2. The summed E-state index contributed by atoms with van der Waals surface area (Å²) in [7, 11) is 0. The number of amides is 1. The van der Waals surface area contributed by atoms with E-state index in [1.54, 1.807) is 0 Å². The quantitative estimate of drug-likeness (QED) is 0.673. The molecule has 1 N–H and O–H groups in total. The molecule has 1 aromatic carbocycles. The molecule has 5 heteroatoms. The third kappa shape index (κ3) is 2.59. The first-order valence-electron chi connectivity index (χ1n) is 7.92. The van der Waals surface area contributed by atoms with Crippen LogP contribution in [0.25, 0.3) is 0 Å². The van der Waals surface area contributed by atoms with Crippen molar-refractivity contribution < 1.29 is 4.79 Å². The van der Waals surface area contributed by atoms with E-state index in [4.69, 9.17) is 23.2 Å². The molecule has 5 atom stereocenters. The monoisotopic (exact) mass is 401 g/mol. The minimum Gasteiger partial charge on any atom is -0.326 e. The van der Waals surface area contributed by atoms with Crippen LogP contribution < -0.4 is 5.32 Å². The van der Waals surface area contributed by atoms with Crippen molar-refractivity contribution in [2.24, 2.45) is 29.6 Å². The summed E-state index contributed by atoms with van der Waals surface area (Å²) < 4.78 is 0.537. The molecule has 0 heterocycles. The average molecular weight is 403 g/mol. The number of rotatable bonds is 2.